The van der Waals surface area contributed by atoms with Gasteiger partial charge in [0.1, 0.15) is 11.5 Å². The second-order valence-electron chi connectivity index (χ2n) is 9.44. The quantitative estimate of drug-likeness (QED) is 0.371. The van der Waals surface area contributed by atoms with E-state index in [0.717, 1.165) is 55.0 Å². The summed E-state index contributed by atoms with van der Waals surface area (Å²) in [6.45, 7) is 2.35. The molecule has 0 aliphatic carbocycles. The van der Waals surface area contributed by atoms with Crippen LogP contribution in [-0.4, -0.2) is 50.3 Å². The zero-order valence-electron chi connectivity index (χ0n) is 19.3. The van der Waals surface area contributed by atoms with Crippen molar-refractivity contribution in [2.45, 2.75) is 37.9 Å². The number of carbonyl (C=O) groups excluding carboxylic acids is 1. The highest BCUT2D eigenvalue weighted by molar-refractivity contribution is 6.30. The molecule has 0 saturated carbocycles. The average Bonchev–Trinajstić information content (AvgIpc) is 3.37. The fraction of sp³-hybridized carbons (Fsp3) is 0.286. The van der Waals surface area contributed by atoms with Crippen molar-refractivity contribution in [3.05, 3.63) is 95.0 Å². The molecular formula is C28H26ClFN4O. The van der Waals surface area contributed by atoms with Gasteiger partial charge in [0.25, 0.3) is 5.91 Å². The summed E-state index contributed by atoms with van der Waals surface area (Å²) in [5.41, 5.74) is 4.17. The first-order valence-electron chi connectivity index (χ1n) is 12.1. The molecule has 2 aliphatic heterocycles. The Kier molecular flexibility index (Phi) is 5.78. The summed E-state index contributed by atoms with van der Waals surface area (Å²) in [5, 5.41) is 0.696. The van der Waals surface area contributed by atoms with Gasteiger partial charge in [-0.2, -0.15) is 0 Å². The van der Waals surface area contributed by atoms with Crippen molar-refractivity contribution in [3.63, 3.8) is 0 Å². The van der Waals surface area contributed by atoms with Gasteiger partial charge >= 0.3 is 0 Å². The van der Waals surface area contributed by atoms with E-state index in [2.05, 4.69) is 15.5 Å². The van der Waals surface area contributed by atoms with E-state index < -0.39 is 5.82 Å². The number of hydrogen-bond acceptors (Lipinski definition) is 3. The number of imidazole rings is 1. The van der Waals surface area contributed by atoms with Crippen molar-refractivity contribution >= 4 is 23.2 Å². The molecule has 7 heteroatoms. The molecule has 2 bridgehead atoms. The van der Waals surface area contributed by atoms with Crippen LogP contribution in [0.3, 0.4) is 0 Å². The highest BCUT2D eigenvalue weighted by Crippen LogP contribution is 2.34. The molecule has 2 aromatic heterocycles. The molecular weight excluding hydrogens is 463 g/mol. The number of aromatic nitrogens is 2. The van der Waals surface area contributed by atoms with Gasteiger partial charge in [-0.1, -0.05) is 41.9 Å². The maximum Gasteiger partial charge on any atom is 0.257 e. The number of rotatable bonds is 4. The molecule has 0 radical (unpaired) electrons. The van der Waals surface area contributed by atoms with Crippen LogP contribution < -0.4 is 0 Å². The van der Waals surface area contributed by atoms with Crippen LogP contribution in [0.25, 0.3) is 16.9 Å². The number of hydrogen-bond donors (Lipinski definition) is 0. The van der Waals surface area contributed by atoms with Crippen molar-refractivity contribution in [1.29, 1.82) is 0 Å². The summed E-state index contributed by atoms with van der Waals surface area (Å²) in [7, 11) is 0. The predicted octanol–water partition coefficient (Wildman–Crippen LogP) is 5.67. The molecule has 2 saturated heterocycles. The Labute approximate surface area is 208 Å². The molecule has 4 heterocycles. The van der Waals surface area contributed by atoms with E-state index in [-0.39, 0.29) is 23.6 Å². The number of halogens is 2. The number of amides is 1. The zero-order chi connectivity index (χ0) is 23.9. The molecule has 35 heavy (non-hydrogen) atoms. The summed E-state index contributed by atoms with van der Waals surface area (Å²) in [6.07, 6.45) is 4.85. The van der Waals surface area contributed by atoms with Crippen LogP contribution in [0.5, 0.6) is 0 Å². The molecule has 0 spiro atoms. The fourth-order valence-corrected chi connectivity index (χ4v) is 5.77. The second-order valence-corrected chi connectivity index (χ2v) is 9.88. The van der Waals surface area contributed by atoms with Crippen molar-refractivity contribution < 1.29 is 9.18 Å². The van der Waals surface area contributed by atoms with Gasteiger partial charge in [-0.05, 0) is 55.7 Å². The first-order chi connectivity index (χ1) is 17.1. The van der Waals surface area contributed by atoms with Crippen LogP contribution in [0, 0.1) is 5.82 Å². The van der Waals surface area contributed by atoms with Gasteiger partial charge in [-0.15, -0.1) is 0 Å². The lowest BCUT2D eigenvalue weighted by Gasteiger charge is -2.29. The van der Waals surface area contributed by atoms with E-state index in [1.54, 1.807) is 18.2 Å². The van der Waals surface area contributed by atoms with E-state index in [0.29, 0.717) is 11.6 Å². The molecule has 5 nitrogen and oxygen atoms in total. The first kappa shape index (κ1) is 22.3. The van der Waals surface area contributed by atoms with Crippen LogP contribution in [0.15, 0.2) is 72.9 Å². The lowest BCUT2D eigenvalue weighted by atomic mass is 10.1. The van der Waals surface area contributed by atoms with Crippen LogP contribution in [0.1, 0.15) is 35.3 Å². The maximum atomic E-state index is 14.4. The summed E-state index contributed by atoms with van der Waals surface area (Å²) in [5.74, 6) is -0.634. The minimum Gasteiger partial charge on any atom is -0.331 e. The Hall–Kier alpha value is -3.22. The third-order valence-electron chi connectivity index (χ3n) is 7.33. The molecule has 6 rings (SSSR count). The second kappa shape index (κ2) is 9.10. The number of likely N-dealkylation sites (tertiary alicyclic amines) is 1. The summed E-state index contributed by atoms with van der Waals surface area (Å²) in [4.78, 5) is 22.6. The van der Waals surface area contributed by atoms with Crippen LogP contribution in [-0.2, 0) is 6.54 Å². The Morgan fingerprint density at radius 2 is 1.74 bits per heavy atom. The third-order valence-corrected chi connectivity index (χ3v) is 7.58. The van der Waals surface area contributed by atoms with Gasteiger partial charge in [0, 0.05) is 48.5 Å². The number of fused-ring (bicyclic) bond motifs is 3. The zero-order valence-corrected chi connectivity index (χ0v) is 20.0. The van der Waals surface area contributed by atoms with Gasteiger partial charge in [-0.25, -0.2) is 9.37 Å². The number of carbonyl (C=O) groups is 1. The molecule has 178 valence electrons. The van der Waals surface area contributed by atoms with Crippen molar-refractivity contribution in [2.75, 3.05) is 13.1 Å². The Balaban J connectivity index is 1.30. The molecule has 2 aliphatic rings. The Morgan fingerprint density at radius 3 is 2.57 bits per heavy atom. The van der Waals surface area contributed by atoms with Crippen LogP contribution in [0.2, 0.25) is 5.02 Å². The molecule has 2 fully saturated rings. The summed E-state index contributed by atoms with van der Waals surface area (Å²) in [6, 6.07) is 20.4. The molecule has 0 N–H and O–H groups in total. The number of pyridine rings is 1. The van der Waals surface area contributed by atoms with E-state index in [4.69, 9.17) is 16.6 Å². The minimum atomic E-state index is -0.448. The molecule has 2 unspecified atom stereocenters. The molecule has 2 aromatic carbocycles. The van der Waals surface area contributed by atoms with E-state index in [1.807, 2.05) is 47.4 Å². The van der Waals surface area contributed by atoms with Crippen LogP contribution >= 0.6 is 11.6 Å². The average molecular weight is 489 g/mol. The number of benzene rings is 2. The van der Waals surface area contributed by atoms with Gasteiger partial charge in [0.05, 0.1) is 17.0 Å². The Morgan fingerprint density at radius 1 is 0.971 bits per heavy atom. The normalized spacial score (nSPS) is 20.3. The topological polar surface area (TPSA) is 40.9 Å². The molecule has 1 amide bonds. The monoisotopic (exact) mass is 488 g/mol. The summed E-state index contributed by atoms with van der Waals surface area (Å²) < 4.78 is 16.6. The van der Waals surface area contributed by atoms with Crippen molar-refractivity contribution in [1.82, 2.24) is 19.2 Å². The molecule has 2 atom stereocenters. The minimum absolute atomic E-state index is 0.0766. The predicted molar refractivity (Wildman–Crippen MR) is 135 cm³/mol. The highest BCUT2D eigenvalue weighted by atomic mass is 35.5. The third kappa shape index (κ3) is 4.11. The maximum absolute atomic E-state index is 14.4. The van der Waals surface area contributed by atoms with E-state index in [9.17, 15) is 9.18 Å². The number of nitrogens with zero attached hydrogens (tertiary/aromatic N) is 4. The van der Waals surface area contributed by atoms with Gasteiger partial charge in [0.15, 0.2) is 0 Å². The van der Waals surface area contributed by atoms with Gasteiger partial charge in [-0.3, -0.25) is 9.69 Å². The lowest BCUT2D eigenvalue weighted by molar-refractivity contribution is 0.0665. The van der Waals surface area contributed by atoms with Crippen LogP contribution in [0.4, 0.5) is 4.39 Å². The SMILES string of the molecule is O=C(c1ccccc1F)N1C2CCC1CN(Cc1c(-c3ccc(Cl)cc3)nc3ccccn13)CC2. The highest BCUT2D eigenvalue weighted by Gasteiger charge is 2.41. The first-order valence-corrected chi connectivity index (χ1v) is 12.5. The largest absolute Gasteiger partial charge is 0.331 e. The van der Waals surface area contributed by atoms with Gasteiger partial charge < -0.3 is 9.30 Å². The van der Waals surface area contributed by atoms with E-state index >= 15 is 0 Å². The fourth-order valence-electron chi connectivity index (χ4n) is 5.64. The van der Waals surface area contributed by atoms with Gasteiger partial charge in [0.2, 0.25) is 0 Å². The lowest BCUT2D eigenvalue weighted by Crippen LogP contribution is -2.43. The smallest absolute Gasteiger partial charge is 0.257 e. The van der Waals surface area contributed by atoms with Crippen molar-refractivity contribution in [3.8, 4) is 11.3 Å². The molecule has 4 aromatic rings. The summed E-state index contributed by atoms with van der Waals surface area (Å²) >= 11 is 6.13. The van der Waals surface area contributed by atoms with E-state index in [1.165, 1.54) is 6.07 Å². The van der Waals surface area contributed by atoms with Crippen molar-refractivity contribution in [2.24, 2.45) is 0 Å². The standard InChI is InChI=1S/C28H26ClFN4O/c29-20-10-8-19(9-11-20)27-25(33-15-4-3-7-26(33)31-27)18-32-16-14-21-12-13-22(17-32)34(21)28(35)23-5-1-2-6-24(23)30/h1-11,15,21-22H,12-14,16-18H2. The Bertz CT molecular complexity index is 1390.